The Bertz CT molecular complexity index is 2090. The van der Waals surface area contributed by atoms with Gasteiger partial charge in [-0.05, 0) is 79.8 Å². The Morgan fingerprint density at radius 2 is 1.78 bits per heavy atom. The molecule has 5 heterocycles. The van der Waals surface area contributed by atoms with Crippen molar-refractivity contribution in [3.8, 4) is 17.3 Å². The zero-order valence-corrected chi connectivity index (χ0v) is 28.1. The maximum Gasteiger partial charge on any atom is 0.321 e. The number of aromatic nitrogens is 3. The summed E-state index contributed by atoms with van der Waals surface area (Å²) in [6, 6.07) is 22.5. The summed E-state index contributed by atoms with van der Waals surface area (Å²) >= 11 is 0. The molecule has 5 fully saturated rings. The quantitative estimate of drug-likeness (QED) is 0.217. The number of benzene rings is 3. The molecule has 2 bridgehead atoms. The number of piperidine rings is 2. The van der Waals surface area contributed by atoms with Crippen molar-refractivity contribution in [3.05, 3.63) is 77.9 Å². The fraction of sp³-hybridized carbons (Fsp3) is 0.410. The molecule has 3 atom stereocenters. The Labute approximate surface area is 285 Å². The van der Waals surface area contributed by atoms with Gasteiger partial charge in [0.05, 0.1) is 23.8 Å². The lowest BCUT2D eigenvalue weighted by Crippen LogP contribution is -2.58. The third-order valence-electron chi connectivity index (χ3n) is 11.5. The van der Waals surface area contributed by atoms with Gasteiger partial charge in [0, 0.05) is 67.9 Å². The first kappa shape index (κ1) is 30.2. The van der Waals surface area contributed by atoms with E-state index >= 15 is 0 Å². The molecule has 0 radical (unpaired) electrons. The topological polar surface area (TPSA) is 111 Å². The van der Waals surface area contributed by atoms with Crippen molar-refractivity contribution in [2.45, 2.75) is 56.7 Å². The van der Waals surface area contributed by atoms with E-state index in [2.05, 4.69) is 38.7 Å². The molecular weight excluding hydrogens is 614 g/mol. The van der Waals surface area contributed by atoms with Gasteiger partial charge in [-0.25, -0.2) is 9.78 Å². The summed E-state index contributed by atoms with van der Waals surface area (Å²) in [7, 11) is 3.70. The van der Waals surface area contributed by atoms with Crippen LogP contribution in [0.5, 0.6) is 5.75 Å². The third-order valence-corrected chi connectivity index (χ3v) is 11.5. The first-order chi connectivity index (χ1) is 23.9. The van der Waals surface area contributed by atoms with Crippen LogP contribution in [0.1, 0.15) is 53.9 Å². The highest BCUT2D eigenvalue weighted by atomic mass is 16.5. The zero-order valence-electron chi connectivity index (χ0n) is 28.1. The highest BCUT2D eigenvalue weighted by Crippen LogP contribution is 2.42. The van der Waals surface area contributed by atoms with Crippen LogP contribution >= 0.6 is 0 Å². The monoisotopic (exact) mass is 657 g/mol. The molecule has 2 aliphatic carbocycles. The average molecular weight is 658 g/mol. The van der Waals surface area contributed by atoms with Crippen LogP contribution in [-0.4, -0.2) is 74.7 Å². The first-order valence-electron chi connectivity index (χ1n) is 17.7. The van der Waals surface area contributed by atoms with Crippen LogP contribution < -0.4 is 15.8 Å². The molecule has 3 N–H and O–H groups in total. The summed E-state index contributed by atoms with van der Waals surface area (Å²) in [5.74, 6) is 2.79. The molecule has 5 aromatic rings. The highest BCUT2D eigenvalue weighted by molar-refractivity contribution is 6.00. The minimum Gasteiger partial charge on any atom is -0.494 e. The van der Waals surface area contributed by atoms with Gasteiger partial charge in [-0.1, -0.05) is 36.4 Å². The van der Waals surface area contributed by atoms with Gasteiger partial charge in [0.25, 0.3) is 5.91 Å². The lowest BCUT2D eigenvalue weighted by Gasteiger charge is -2.48. The van der Waals surface area contributed by atoms with E-state index in [1.165, 1.54) is 29.3 Å². The molecule has 3 saturated heterocycles. The number of nitrogens with zero attached hydrogens (tertiary/aromatic N) is 5. The second kappa shape index (κ2) is 11.7. The first-order valence-corrected chi connectivity index (χ1v) is 17.7. The second-order valence-electron chi connectivity index (χ2n) is 14.7. The number of nitrogens with two attached hydrogens (primary N) is 1. The number of imidazole rings is 1. The zero-order chi connectivity index (χ0) is 33.4. The summed E-state index contributed by atoms with van der Waals surface area (Å²) in [4.78, 5) is 36.0. The average Bonchev–Trinajstić information content (AvgIpc) is 3.76. The molecule has 2 aromatic heterocycles. The molecular formula is C39H43N7O3. The Morgan fingerprint density at radius 3 is 2.49 bits per heavy atom. The van der Waals surface area contributed by atoms with Crippen molar-refractivity contribution in [2.75, 3.05) is 32.1 Å². The maximum absolute atomic E-state index is 13.9. The number of ether oxygens (including phenoxy) is 1. The third kappa shape index (κ3) is 5.15. The van der Waals surface area contributed by atoms with E-state index in [-0.39, 0.29) is 29.9 Å². The maximum atomic E-state index is 13.9. The number of likely N-dealkylation sites (tertiary alicyclic amines) is 1. The SMILES string of the molecule is COc1cc(C(=O)N2C[C@H]3CC[C@@H]2C[C@@H]3N)cc2nc(-c3cc4cccc(C5CN(C(=O)Nc6ccccc6)C5)c4n3CC3CC3)n(C)c12. The minimum absolute atomic E-state index is 0.0356. The van der Waals surface area contributed by atoms with E-state index < -0.39 is 0 Å². The Morgan fingerprint density at radius 1 is 0.959 bits per heavy atom. The van der Waals surface area contributed by atoms with E-state index in [9.17, 15) is 9.59 Å². The molecule has 2 saturated carbocycles. The van der Waals surface area contributed by atoms with Gasteiger partial charge in [-0.2, -0.15) is 0 Å². The highest BCUT2D eigenvalue weighted by Gasteiger charge is 2.41. The minimum atomic E-state index is -0.0634. The number of methoxy groups -OCH3 is 1. The second-order valence-corrected chi connectivity index (χ2v) is 14.7. The number of carbonyl (C=O) groups is 2. The van der Waals surface area contributed by atoms with E-state index in [1.54, 1.807) is 7.11 Å². The van der Waals surface area contributed by atoms with E-state index in [4.69, 9.17) is 15.5 Å². The molecule has 49 heavy (non-hydrogen) atoms. The number of aryl methyl sites for hydroxylation is 1. The fourth-order valence-electron chi connectivity index (χ4n) is 8.57. The summed E-state index contributed by atoms with van der Waals surface area (Å²) in [5.41, 5.74) is 13.0. The Kier molecular flexibility index (Phi) is 7.19. The number of nitrogens with one attached hydrogen (secondary N) is 1. The van der Waals surface area contributed by atoms with Crippen LogP contribution in [0.4, 0.5) is 10.5 Å². The molecule has 252 valence electrons. The molecule has 0 spiro atoms. The summed E-state index contributed by atoms with van der Waals surface area (Å²) < 4.78 is 10.5. The van der Waals surface area contributed by atoms with E-state index in [0.717, 1.165) is 60.6 Å². The van der Waals surface area contributed by atoms with Crippen molar-refractivity contribution < 1.29 is 14.3 Å². The number of hydrogen-bond donors (Lipinski definition) is 2. The van der Waals surface area contributed by atoms with E-state index in [0.29, 0.717) is 36.2 Å². The Hall–Kier alpha value is -4.83. The summed E-state index contributed by atoms with van der Waals surface area (Å²) in [5, 5.41) is 4.20. The van der Waals surface area contributed by atoms with Gasteiger partial charge in [0.1, 0.15) is 11.3 Å². The van der Waals surface area contributed by atoms with Crippen LogP contribution in [0.15, 0.2) is 66.7 Å². The van der Waals surface area contributed by atoms with Crippen LogP contribution in [-0.2, 0) is 13.6 Å². The number of anilines is 1. The molecule has 3 amide bonds. The standard InChI is InChI=1S/C39H43N7O3/c1-43-36-32(15-26(17-34(36)49-2)38(47)45-22-25-13-14-29(45)18-31(25)40)42-37(43)33-16-24-7-6-10-30(35(24)46(33)19-23-11-12-23)27-20-44(21-27)39(48)41-28-8-4-3-5-9-28/h3-10,15-17,23,25,27,29,31H,11-14,18-22,40H2,1-2H3,(H,41,48)/t25-,29-,31+/m1/s1. The van der Waals surface area contributed by atoms with Crippen molar-refractivity contribution in [1.82, 2.24) is 23.9 Å². The molecule has 3 aromatic carbocycles. The molecule has 0 unspecified atom stereocenters. The predicted molar refractivity (Wildman–Crippen MR) is 191 cm³/mol. The number of amides is 3. The molecule has 10 nitrogen and oxygen atoms in total. The lowest BCUT2D eigenvalue weighted by molar-refractivity contribution is 0.0261. The largest absolute Gasteiger partial charge is 0.494 e. The number of hydrogen-bond acceptors (Lipinski definition) is 5. The molecule has 10 heteroatoms. The van der Waals surface area contributed by atoms with Gasteiger partial charge in [0.2, 0.25) is 0 Å². The summed E-state index contributed by atoms with van der Waals surface area (Å²) in [6.07, 6.45) is 5.44. The van der Waals surface area contributed by atoms with Gasteiger partial charge < -0.3 is 34.7 Å². The number of rotatable bonds is 7. The van der Waals surface area contributed by atoms with Crippen molar-refractivity contribution in [1.29, 1.82) is 0 Å². The van der Waals surface area contributed by atoms with Gasteiger partial charge in [0.15, 0.2) is 5.82 Å². The number of fused-ring (bicyclic) bond motifs is 5. The molecule has 5 aliphatic rings. The van der Waals surface area contributed by atoms with Crippen LogP contribution in [0.2, 0.25) is 0 Å². The number of carbonyl (C=O) groups excluding carboxylic acids is 2. The Balaban J connectivity index is 1.06. The molecule has 3 aliphatic heterocycles. The van der Waals surface area contributed by atoms with Crippen molar-refractivity contribution >= 4 is 39.6 Å². The molecule has 10 rings (SSSR count). The fourth-order valence-corrected chi connectivity index (χ4v) is 8.57. The van der Waals surface area contributed by atoms with Gasteiger partial charge in [-0.3, -0.25) is 4.79 Å². The van der Waals surface area contributed by atoms with Crippen LogP contribution in [0.25, 0.3) is 33.5 Å². The van der Waals surface area contributed by atoms with Crippen LogP contribution in [0, 0.1) is 11.8 Å². The van der Waals surface area contributed by atoms with Crippen molar-refractivity contribution in [2.24, 2.45) is 24.6 Å². The van der Waals surface area contributed by atoms with Crippen LogP contribution in [0.3, 0.4) is 0 Å². The number of urea groups is 1. The number of para-hydroxylation sites is 2. The van der Waals surface area contributed by atoms with E-state index in [1.807, 2.05) is 59.3 Å². The smallest absolute Gasteiger partial charge is 0.321 e. The predicted octanol–water partition coefficient (Wildman–Crippen LogP) is 6.20. The summed E-state index contributed by atoms with van der Waals surface area (Å²) in [6.45, 7) is 2.99. The van der Waals surface area contributed by atoms with Gasteiger partial charge in [-0.15, -0.1) is 0 Å². The normalized spacial score (nSPS) is 22.1. The lowest BCUT2D eigenvalue weighted by atomic mass is 9.76. The van der Waals surface area contributed by atoms with Gasteiger partial charge >= 0.3 is 6.03 Å². The van der Waals surface area contributed by atoms with Crippen molar-refractivity contribution in [3.63, 3.8) is 0 Å².